The zero-order valence-corrected chi connectivity index (χ0v) is 14.6. The standard InChI is InChI=1S/C19H22F2N2O2/c1-4-23(11-14-6-8-18(25-3)17(21)9-14)12-19(24)22-15-7-5-13(2)16(20)10-15/h5-10H,4,11-12H2,1-3H3,(H,22,24). The number of anilines is 1. The van der Waals surface area contributed by atoms with E-state index in [0.29, 0.717) is 24.3 Å². The monoisotopic (exact) mass is 348 g/mol. The Labute approximate surface area is 146 Å². The number of methoxy groups -OCH3 is 1. The average Bonchev–Trinajstić information content (AvgIpc) is 2.57. The van der Waals surface area contributed by atoms with E-state index in [9.17, 15) is 13.6 Å². The first-order chi connectivity index (χ1) is 11.9. The molecule has 1 N–H and O–H groups in total. The Morgan fingerprint density at radius 3 is 2.52 bits per heavy atom. The van der Waals surface area contributed by atoms with Crippen LogP contribution in [0.1, 0.15) is 18.1 Å². The molecule has 0 saturated heterocycles. The Morgan fingerprint density at radius 2 is 1.92 bits per heavy atom. The van der Waals surface area contributed by atoms with Crippen LogP contribution in [-0.2, 0) is 11.3 Å². The number of amides is 1. The number of benzene rings is 2. The highest BCUT2D eigenvalue weighted by Crippen LogP contribution is 2.19. The van der Waals surface area contributed by atoms with Crippen molar-refractivity contribution in [2.24, 2.45) is 0 Å². The minimum absolute atomic E-state index is 0.125. The van der Waals surface area contributed by atoms with Crippen LogP contribution in [-0.4, -0.2) is 31.0 Å². The van der Waals surface area contributed by atoms with E-state index in [1.807, 2.05) is 11.8 Å². The first-order valence-electron chi connectivity index (χ1n) is 8.03. The van der Waals surface area contributed by atoms with E-state index in [1.54, 1.807) is 31.2 Å². The first-order valence-corrected chi connectivity index (χ1v) is 8.03. The Kier molecular flexibility index (Phi) is 6.47. The van der Waals surface area contributed by atoms with Gasteiger partial charge in [0.25, 0.3) is 0 Å². The van der Waals surface area contributed by atoms with Crippen LogP contribution in [0.3, 0.4) is 0 Å². The van der Waals surface area contributed by atoms with Crippen LogP contribution in [0.2, 0.25) is 0 Å². The molecule has 0 saturated carbocycles. The van der Waals surface area contributed by atoms with E-state index >= 15 is 0 Å². The molecule has 0 aliphatic rings. The molecule has 0 aliphatic heterocycles. The summed E-state index contributed by atoms with van der Waals surface area (Å²) in [7, 11) is 1.41. The number of ether oxygens (including phenoxy) is 1. The van der Waals surface area contributed by atoms with Gasteiger partial charge < -0.3 is 10.1 Å². The lowest BCUT2D eigenvalue weighted by Crippen LogP contribution is -2.32. The average molecular weight is 348 g/mol. The lowest BCUT2D eigenvalue weighted by atomic mass is 10.2. The molecule has 6 heteroatoms. The van der Waals surface area contributed by atoms with Crippen LogP contribution in [0.5, 0.6) is 5.75 Å². The molecule has 0 radical (unpaired) electrons. The zero-order valence-electron chi connectivity index (χ0n) is 14.6. The van der Waals surface area contributed by atoms with Gasteiger partial charge in [0.1, 0.15) is 5.82 Å². The largest absolute Gasteiger partial charge is 0.494 e. The summed E-state index contributed by atoms with van der Waals surface area (Å²) in [4.78, 5) is 14.0. The predicted molar refractivity (Wildman–Crippen MR) is 93.7 cm³/mol. The van der Waals surface area contributed by atoms with Crippen molar-refractivity contribution in [1.29, 1.82) is 0 Å². The third-order valence-corrected chi connectivity index (χ3v) is 3.89. The summed E-state index contributed by atoms with van der Waals surface area (Å²) in [6.45, 7) is 4.74. The molecule has 2 aromatic rings. The molecule has 0 spiro atoms. The molecular weight excluding hydrogens is 326 g/mol. The summed E-state index contributed by atoms with van der Waals surface area (Å²) in [5.74, 6) is -0.862. The van der Waals surface area contributed by atoms with E-state index < -0.39 is 5.82 Å². The van der Waals surface area contributed by atoms with Crippen molar-refractivity contribution >= 4 is 11.6 Å². The number of carbonyl (C=O) groups excluding carboxylic acids is 1. The van der Waals surface area contributed by atoms with E-state index in [4.69, 9.17) is 4.74 Å². The molecule has 4 nitrogen and oxygen atoms in total. The van der Waals surface area contributed by atoms with Crippen LogP contribution in [0.15, 0.2) is 36.4 Å². The number of hydrogen-bond donors (Lipinski definition) is 1. The summed E-state index contributed by atoms with van der Waals surface area (Å²) < 4.78 is 32.2. The molecule has 0 aliphatic carbocycles. The third-order valence-electron chi connectivity index (χ3n) is 3.89. The quantitative estimate of drug-likeness (QED) is 0.829. The molecule has 0 aromatic heterocycles. The highest BCUT2D eigenvalue weighted by atomic mass is 19.1. The SMILES string of the molecule is CCN(CC(=O)Nc1ccc(C)c(F)c1)Cc1ccc(OC)c(F)c1. The predicted octanol–water partition coefficient (Wildman–Crippen LogP) is 3.74. The van der Waals surface area contributed by atoms with Gasteiger partial charge in [-0.3, -0.25) is 9.69 Å². The fourth-order valence-corrected chi connectivity index (χ4v) is 2.42. The maximum Gasteiger partial charge on any atom is 0.238 e. The number of hydrogen-bond acceptors (Lipinski definition) is 3. The van der Waals surface area contributed by atoms with E-state index in [1.165, 1.54) is 19.2 Å². The number of nitrogens with one attached hydrogen (secondary N) is 1. The number of rotatable bonds is 7. The van der Waals surface area contributed by atoms with Gasteiger partial charge in [0, 0.05) is 12.2 Å². The molecular formula is C19H22F2N2O2. The minimum atomic E-state index is -0.435. The van der Waals surface area contributed by atoms with Crippen molar-refractivity contribution < 1.29 is 18.3 Å². The molecule has 25 heavy (non-hydrogen) atoms. The van der Waals surface area contributed by atoms with Crippen molar-refractivity contribution in [1.82, 2.24) is 4.90 Å². The second kappa shape index (κ2) is 8.58. The fourth-order valence-electron chi connectivity index (χ4n) is 2.42. The minimum Gasteiger partial charge on any atom is -0.494 e. The van der Waals surface area contributed by atoms with Gasteiger partial charge in [0.2, 0.25) is 5.91 Å². The van der Waals surface area contributed by atoms with Gasteiger partial charge in [-0.15, -0.1) is 0 Å². The van der Waals surface area contributed by atoms with E-state index in [-0.39, 0.29) is 24.0 Å². The second-order valence-electron chi connectivity index (χ2n) is 5.78. The van der Waals surface area contributed by atoms with Crippen LogP contribution in [0.4, 0.5) is 14.5 Å². The number of likely N-dealkylation sites (N-methyl/N-ethyl adjacent to an activating group) is 1. The Balaban J connectivity index is 1.97. The smallest absolute Gasteiger partial charge is 0.238 e. The molecule has 2 rings (SSSR count). The van der Waals surface area contributed by atoms with Crippen molar-refractivity contribution in [3.8, 4) is 5.75 Å². The lowest BCUT2D eigenvalue weighted by molar-refractivity contribution is -0.117. The maximum absolute atomic E-state index is 13.8. The number of aryl methyl sites for hydroxylation is 1. The van der Waals surface area contributed by atoms with Gasteiger partial charge in [0.15, 0.2) is 11.6 Å². The van der Waals surface area contributed by atoms with Gasteiger partial charge in [-0.2, -0.15) is 0 Å². The molecule has 0 fully saturated rings. The van der Waals surface area contributed by atoms with Gasteiger partial charge in [-0.25, -0.2) is 8.78 Å². The molecule has 2 aromatic carbocycles. The molecule has 134 valence electrons. The van der Waals surface area contributed by atoms with Gasteiger partial charge in [-0.1, -0.05) is 19.1 Å². The number of halogens is 2. The fraction of sp³-hybridized carbons (Fsp3) is 0.316. The maximum atomic E-state index is 13.8. The second-order valence-corrected chi connectivity index (χ2v) is 5.78. The summed E-state index contributed by atoms with van der Waals surface area (Å²) >= 11 is 0. The van der Waals surface area contributed by atoms with Gasteiger partial charge in [-0.05, 0) is 48.9 Å². The van der Waals surface area contributed by atoms with Crippen LogP contribution in [0.25, 0.3) is 0 Å². The number of nitrogens with zero attached hydrogens (tertiary/aromatic N) is 1. The molecule has 0 bridgehead atoms. The Morgan fingerprint density at radius 1 is 1.16 bits per heavy atom. The van der Waals surface area contributed by atoms with Crippen LogP contribution in [0, 0.1) is 18.6 Å². The summed E-state index contributed by atoms with van der Waals surface area (Å²) in [5, 5.41) is 2.68. The first kappa shape index (κ1) is 18.9. The van der Waals surface area contributed by atoms with Crippen molar-refractivity contribution in [3.63, 3.8) is 0 Å². The third kappa shape index (κ3) is 5.26. The zero-order chi connectivity index (χ0) is 18.4. The molecule has 0 unspecified atom stereocenters. The molecule has 1 amide bonds. The lowest BCUT2D eigenvalue weighted by Gasteiger charge is -2.20. The summed E-state index contributed by atoms with van der Waals surface area (Å²) in [6, 6.07) is 9.29. The summed E-state index contributed by atoms with van der Waals surface area (Å²) in [6.07, 6.45) is 0. The van der Waals surface area contributed by atoms with Crippen molar-refractivity contribution in [2.75, 3.05) is 25.5 Å². The van der Waals surface area contributed by atoms with E-state index in [2.05, 4.69) is 5.32 Å². The van der Waals surface area contributed by atoms with Crippen molar-refractivity contribution in [2.45, 2.75) is 20.4 Å². The highest BCUT2D eigenvalue weighted by molar-refractivity contribution is 5.92. The molecule has 0 atom stereocenters. The van der Waals surface area contributed by atoms with E-state index in [0.717, 1.165) is 5.56 Å². The highest BCUT2D eigenvalue weighted by Gasteiger charge is 2.12. The van der Waals surface area contributed by atoms with Crippen molar-refractivity contribution in [3.05, 3.63) is 59.2 Å². The molecule has 0 heterocycles. The van der Waals surface area contributed by atoms with Crippen LogP contribution < -0.4 is 10.1 Å². The van der Waals surface area contributed by atoms with Gasteiger partial charge in [0.05, 0.1) is 13.7 Å². The summed E-state index contributed by atoms with van der Waals surface area (Å²) in [5.41, 5.74) is 1.68. The topological polar surface area (TPSA) is 41.6 Å². The Bertz CT molecular complexity index is 750. The van der Waals surface area contributed by atoms with Gasteiger partial charge >= 0.3 is 0 Å². The van der Waals surface area contributed by atoms with Crippen LogP contribution >= 0.6 is 0 Å². The normalized spacial score (nSPS) is 10.8. The number of carbonyl (C=O) groups is 1. The Hall–Kier alpha value is -2.47.